The molecule has 3 saturated heterocycles. The van der Waals surface area contributed by atoms with E-state index in [4.69, 9.17) is 0 Å². The summed E-state index contributed by atoms with van der Waals surface area (Å²) in [6.45, 7) is 8.59. The lowest BCUT2D eigenvalue weighted by Crippen LogP contribution is -2.63. The largest absolute Gasteiger partial charge is 0.403 e. The standard InChI is InChI=1S/C21H39F3N6.HI/c1-18(21(22,23)24)28-13-15-29(16-14-28)19(25-2)26-17-20(7-11-27(3)12-8-20)30-9-5-4-6-10-30;/h18H,4-17H2,1-3H3,(H,25,26);1H. The van der Waals surface area contributed by atoms with Gasteiger partial charge in [-0.2, -0.15) is 13.2 Å². The molecule has 1 unspecified atom stereocenters. The molecular weight excluding hydrogens is 520 g/mol. The van der Waals surface area contributed by atoms with Crippen LogP contribution in [0.1, 0.15) is 39.0 Å². The number of rotatable bonds is 4. The first-order valence-electron chi connectivity index (χ1n) is 11.5. The second-order valence-corrected chi connectivity index (χ2v) is 9.22. The Balaban J connectivity index is 0.00000341. The number of halogens is 4. The zero-order valence-electron chi connectivity index (χ0n) is 19.3. The highest BCUT2D eigenvalue weighted by atomic mass is 127. The normalized spacial score (nSPS) is 25.7. The van der Waals surface area contributed by atoms with Crippen molar-refractivity contribution < 1.29 is 13.2 Å². The molecule has 1 N–H and O–H groups in total. The van der Waals surface area contributed by atoms with Crippen molar-refractivity contribution in [2.24, 2.45) is 4.99 Å². The molecule has 3 fully saturated rings. The molecule has 0 aliphatic carbocycles. The third-order valence-corrected chi connectivity index (χ3v) is 7.37. The van der Waals surface area contributed by atoms with Crippen molar-refractivity contribution in [2.45, 2.75) is 56.8 Å². The van der Waals surface area contributed by atoms with Crippen molar-refractivity contribution in [2.75, 3.05) is 73.0 Å². The molecule has 0 saturated carbocycles. The molecule has 3 rings (SSSR count). The van der Waals surface area contributed by atoms with Crippen LogP contribution in [0, 0.1) is 0 Å². The molecule has 0 aromatic carbocycles. The highest BCUT2D eigenvalue weighted by Gasteiger charge is 2.42. The van der Waals surface area contributed by atoms with Crippen LogP contribution in [0.25, 0.3) is 0 Å². The maximum Gasteiger partial charge on any atom is 0.403 e. The zero-order valence-corrected chi connectivity index (χ0v) is 21.6. The molecule has 0 aromatic heterocycles. The lowest BCUT2D eigenvalue weighted by atomic mass is 9.84. The van der Waals surface area contributed by atoms with Crippen LogP contribution in [0.2, 0.25) is 0 Å². The predicted molar refractivity (Wildman–Crippen MR) is 130 cm³/mol. The summed E-state index contributed by atoms with van der Waals surface area (Å²) in [5.41, 5.74) is 0.148. The minimum Gasteiger partial charge on any atom is -0.354 e. The van der Waals surface area contributed by atoms with Gasteiger partial charge in [-0.25, -0.2) is 0 Å². The van der Waals surface area contributed by atoms with Crippen LogP contribution in [0.15, 0.2) is 4.99 Å². The number of piperidine rings is 2. The molecule has 0 amide bonds. The van der Waals surface area contributed by atoms with Crippen molar-refractivity contribution >= 4 is 29.9 Å². The first-order valence-corrected chi connectivity index (χ1v) is 11.5. The van der Waals surface area contributed by atoms with Crippen molar-refractivity contribution in [3.8, 4) is 0 Å². The van der Waals surface area contributed by atoms with Gasteiger partial charge >= 0.3 is 6.18 Å². The molecule has 3 aliphatic heterocycles. The number of nitrogens with zero attached hydrogens (tertiary/aromatic N) is 5. The van der Waals surface area contributed by atoms with E-state index in [1.54, 1.807) is 7.05 Å². The first kappa shape index (κ1) is 26.9. The van der Waals surface area contributed by atoms with E-state index in [2.05, 4.69) is 32.1 Å². The molecule has 1 atom stereocenters. The monoisotopic (exact) mass is 560 g/mol. The molecule has 0 spiro atoms. The number of nitrogens with one attached hydrogen (secondary N) is 1. The highest BCUT2D eigenvalue weighted by Crippen LogP contribution is 2.31. The lowest BCUT2D eigenvalue weighted by molar-refractivity contribution is -0.181. The molecule has 0 bridgehead atoms. The SMILES string of the molecule is CN=C(NCC1(N2CCCCC2)CCN(C)CC1)N1CCN(C(C)C(F)(F)F)CC1.I. The van der Waals surface area contributed by atoms with Crippen molar-refractivity contribution in [1.82, 2.24) is 24.9 Å². The molecule has 10 heteroatoms. The first-order chi connectivity index (χ1) is 14.2. The van der Waals surface area contributed by atoms with Gasteiger partial charge in [-0.1, -0.05) is 6.42 Å². The molecule has 3 heterocycles. The average Bonchev–Trinajstić information content (AvgIpc) is 2.75. The Kier molecular flexibility index (Phi) is 10.2. The van der Waals surface area contributed by atoms with Gasteiger partial charge in [0.2, 0.25) is 0 Å². The van der Waals surface area contributed by atoms with Crippen LogP contribution < -0.4 is 5.32 Å². The summed E-state index contributed by atoms with van der Waals surface area (Å²) in [6, 6.07) is -1.39. The van der Waals surface area contributed by atoms with Gasteiger partial charge < -0.3 is 15.1 Å². The smallest absolute Gasteiger partial charge is 0.354 e. The maximum absolute atomic E-state index is 13.0. The number of likely N-dealkylation sites (tertiary alicyclic amines) is 2. The summed E-state index contributed by atoms with van der Waals surface area (Å²) >= 11 is 0. The van der Waals surface area contributed by atoms with Gasteiger partial charge in [0.1, 0.15) is 6.04 Å². The fourth-order valence-corrected chi connectivity index (χ4v) is 5.11. The average molecular weight is 560 g/mol. The highest BCUT2D eigenvalue weighted by molar-refractivity contribution is 14.0. The minimum absolute atomic E-state index is 0. The third-order valence-electron chi connectivity index (χ3n) is 7.37. The van der Waals surface area contributed by atoms with Crippen LogP contribution in [0.5, 0.6) is 0 Å². The van der Waals surface area contributed by atoms with E-state index in [1.807, 2.05) is 0 Å². The second kappa shape index (κ2) is 11.7. The number of hydrogen-bond donors (Lipinski definition) is 1. The van der Waals surface area contributed by atoms with Crippen LogP contribution in [0.4, 0.5) is 13.2 Å². The Morgan fingerprint density at radius 3 is 2.06 bits per heavy atom. The van der Waals surface area contributed by atoms with Gasteiger partial charge in [-0.3, -0.25) is 14.8 Å². The van der Waals surface area contributed by atoms with E-state index in [1.165, 1.54) is 31.1 Å². The number of hydrogen-bond acceptors (Lipinski definition) is 4. The number of guanidine groups is 1. The van der Waals surface area contributed by atoms with Crippen LogP contribution >= 0.6 is 24.0 Å². The molecule has 0 radical (unpaired) electrons. The fourth-order valence-electron chi connectivity index (χ4n) is 5.11. The molecule has 6 nitrogen and oxygen atoms in total. The van der Waals surface area contributed by atoms with E-state index in [-0.39, 0.29) is 29.5 Å². The van der Waals surface area contributed by atoms with Crippen LogP contribution in [0.3, 0.4) is 0 Å². The van der Waals surface area contributed by atoms with Crippen molar-refractivity contribution in [3.05, 3.63) is 0 Å². The molecular formula is C21H40F3IN6. The quantitative estimate of drug-likeness (QED) is 0.325. The van der Waals surface area contributed by atoms with E-state index in [0.717, 1.165) is 51.5 Å². The van der Waals surface area contributed by atoms with Gasteiger partial charge in [0.05, 0.1) is 0 Å². The summed E-state index contributed by atoms with van der Waals surface area (Å²) in [5.74, 6) is 0.824. The summed E-state index contributed by atoms with van der Waals surface area (Å²) in [7, 11) is 3.96. The van der Waals surface area contributed by atoms with Crippen molar-refractivity contribution in [3.63, 3.8) is 0 Å². The zero-order chi connectivity index (χ0) is 21.8. The maximum atomic E-state index is 13.0. The van der Waals surface area contributed by atoms with Gasteiger partial charge in [-0.15, -0.1) is 24.0 Å². The Bertz CT molecular complexity index is 566. The number of alkyl halides is 3. The topological polar surface area (TPSA) is 37.4 Å². The van der Waals surface area contributed by atoms with E-state index < -0.39 is 12.2 Å². The molecule has 3 aliphatic rings. The van der Waals surface area contributed by atoms with Gasteiger partial charge in [-0.05, 0) is 65.8 Å². The Morgan fingerprint density at radius 2 is 1.55 bits per heavy atom. The van der Waals surface area contributed by atoms with Crippen LogP contribution in [-0.4, -0.2) is 116 Å². The van der Waals surface area contributed by atoms with E-state index in [0.29, 0.717) is 26.2 Å². The second-order valence-electron chi connectivity index (χ2n) is 9.22. The third kappa shape index (κ3) is 6.83. The summed E-state index contributed by atoms with van der Waals surface area (Å²) in [4.78, 5) is 13.2. The van der Waals surface area contributed by atoms with Gasteiger partial charge in [0, 0.05) is 45.3 Å². The number of aliphatic imine (C=N–C) groups is 1. The Morgan fingerprint density at radius 1 is 0.968 bits per heavy atom. The van der Waals surface area contributed by atoms with Gasteiger partial charge in [0.15, 0.2) is 5.96 Å². The molecule has 0 aromatic rings. The molecule has 31 heavy (non-hydrogen) atoms. The van der Waals surface area contributed by atoms with Gasteiger partial charge in [0.25, 0.3) is 0 Å². The Hall–Kier alpha value is -0.330. The Labute approximate surface area is 202 Å². The molecule has 182 valence electrons. The summed E-state index contributed by atoms with van der Waals surface area (Å²) < 4.78 is 39.1. The van der Waals surface area contributed by atoms with Crippen molar-refractivity contribution in [1.29, 1.82) is 0 Å². The lowest BCUT2D eigenvalue weighted by Gasteiger charge is -2.50. The fraction of sp³-hybridized carbons (Fsp3) is 0.952. The van der Waals surface area contributed by atoms with E-state index >= 15 is 0 Å². The summed E-state index contributed by atoms with van der Waals surface area (Å²) in [5, 5.41) is 3.61. The minimum atomic E-state index is -4.17. The number of piperazine rings is 1. The van der Waals surface area contributed by atoms with E-state index in [9.17, 15) is 13.2 Å². The van der Waals surface area contributed by atoms with Crippen LogP contribution in [-0.2, 0) is 0 Å². The predicted octanol–water partition coefficient (Wildman–Crippen LogP) is 2.70. The summed E-state index contributed by atoms with van der Waals surface area (Å²) in [6.07, 6.45) is 1.98.